The number of amides is 2. The van der Waals surface area contributed by atoms with Gasteiger partial charge in [-0.2, -0.15) is 0 Å². The van der Waals surface area contributed by atoms with Crippen LogP contribution in [0.2, 0.25) is 5.02 Å². The van der Waals surface area contributed by atoms with Gasteiger partial charge < -0.3 is 10.2 Å². The zero-order valence-corrected chi connectivity index (χ0v) is 22.3. The maximum Gasteiger partial charge on any atom is 0.264 e. The molecule has 0 aliphatic carbocycles. The normalized spacial score (nSPS) is 12.0. The molecule has 3 rings (SSSR count). The number of rotatable bonds is 9. The molecule has 1 N–H and O–H groups in total. The summed E-state index contributed by atoms with van der Waals surface area (Å²) in [6.45, 7) is 5.03. The summed E-state index contributed by atoms with van der Waals surface area (Å²) in [7, 11) is -2.63. The largest absolute Gasteiger partial charge is 0.357 e. The number of anilines is 1. The lowest BCUT2D eigenvalue weighted by molar-refractivity contribution is -0.139. The van der Waals surface area contributed by atoms with E-state index in [-0.39, 0.29) is 23.0 Å². The molecule has 9 heteroatoms. The van der Waals surface area contributed by atoms with E-state index in [0.717, 1.165) is 21.0 Å². The number of likely N-dealkylation sites (N-methyl/N-ethyl adjacent to an activating group) is 1. The summed E-state index contributed by atoms with van der Waals surface area (Å²) >= 11 is 6.17. The molecule has 7 nitrogen and oxygen atoms in total. The third-order valence-electron chi connectivity index (χ3n) is 6.00. The molecule has 2 amide bonds. The van der Waals surface area contributed by atoms with E-state index in [1.807, 2.05) is 38.1 Å². The molecule has 0 saturated carbocycles. The van der Waals surface area contributed by atoms with Crippen molar-refractivity contribution in [2.75, 3.05) is 17.9 Å². The van der Waals surface area contributed by atoms with Gasteiger partial charge in [-0.05, 0) is 62.2 Å². The number of benzene rings is 3. The van der Waals surface area contributed by atoms with Crippen molar-refractivity contribution in [2.24, 2.45) is 0 Å². The van der Waals surface area contributed by atoms with Crippen LogP contribution in [-0.2, 0) is 26.2 Å². The van der Waals surface area contributed by atoms with Crippen molar-refractivity contribution in [3.63, 3.8) is 0 Å². The van der Waals surface area contributed by atoms with Crippen molar-refractivity contribution < 1.29 is 18.0 Å². The fraction of sp³-hybridized carbons (Fsp3) is 0.259. The molecule has 3 aromatic rings. The molecule has 0 bridgehead atoms. The average molecular weight is 528 g/mol. The highest BCUT2D eigenvalue weighted by atomic mass is 35.5. The quantitative estimate of drug-likeness (QED) is 0.449. The lowest BCUT2D eigenvalue weighted by Gasteiger charge is -2.32. The molecule has 0 saturated heterocycles. The molecule has 0 aromatic heterocycles. The summed E-state index contributed by atoms with van der Waals surface area (Å²) in [5.41, 5.74) is 2.97. The minimum absolute atomic E-state index is 0.0469. The van der Waals surface area contributed by atoms with Crippen molar-refractivity contribution in [3.8, 4) is 0 Å². The molecule has 3 aromatic carbocycles. The number of carbonyl (C=O) groups excluding carboxylic acids is 2. The second kappa shape index (κ2) is 11.6. The van der Waals surface area contributed by atoms with Gasteiger partial charge in [-0.15, -0.1) is 0 Å². The molecule has 0 fully saturated rings. The fourth-order valence-electron chi connectivity index (χ4n) is 3.76. The van der Waals surface area contributed by atoms with Crippen LogP contribution < -0.4 is 9.62 Å². The molecule has 0 aliphatic heterocycles. The summed E-state index contributed by atoms with van der Waals surface area (Å²) in [4.78, 5) is 27.7. The summed E-state index contributed by atoms with van der Waals surface area (Å²) in [5.74, 6) is -0.877. The minimum atomic E-state index is -4.12. The van der Waals surface area contributed by atoms with Gasteiger partial charge in [-0.3, -0.25) is 13.9 Å². The number of halogens is 1. The summed E-state index contributed by atoms with van der Waals surface area (Å²) in [5, 5.41) is 2.91. The first-order chi connectivity index (χ1) is 17.0. The zero-order chi connectivity index (χ0) is 26.5. The van der Waals surface area contributed by atoms with E-state index in [2.05, 4.69) is 5.32 Å². The van der Waals surface area contributed by atoms with Gasteiger partial charge in [0, 0.05) is 18.6 Å². The van der Waals surface area contributed by atoms with E-state index < -0.39 is 28.5 Å². The zero-order valence-electron chi connectivity index (χ0n) is 20.7. The predicted molar refractivity (Wildman–Crippen MR) is 142 cm³/mol. The molecule has 0 aliphatic rings. The van der Waals surface area contributed by atoms with Crippen LogP contribution >= 0.6 is 11.6 Å². The van der Waals surface area contributed by atoms with Crippen molar-refractivity contribution >= 4 is 39.1 Å². The van der Waals surface area contributed by atoms with Crippen LogP contribution in [0.1, 0.15) is 23.6 Å². The predicted octanol–water partition coefficient (Wildman–Crippen LogP) is 4.32. The number of hydrogen-bond acceptors (Lipinski definition) is 4. The van der Waals surface area contributed by atoms with E-state index >= 15 is 0 Å². The molecule has 0 heterocycles. The SMILES string of the molecule is CNC(=O)C(C)N(Cc1ccccc1C)C(=O)CN(c1cccc(Cl)c1)S(=O)(=O)c1ccc(C)cc1. The maximum absolute atomic E-state index is 13.7. The van der Waals surface area contributed by atoms with Crippen molar-refractivity contribution in [1.29, 1.82) is 0 Å². The smallest absolute Gasteiger partial charge is 0.264 e. The highest BCUT2D eigenvalue weighted by Gasteiger charge is 2.32. The maximum atomic E-state index is 13.7. The van der Waals surface area contributed by atoms with Crippen molar-refractivity contribution in [3.05, 3.63) is 94.5 Å². The number of carbonyl (C=O) groups is 2. The molecule has 36 heavy (non-hydrogen) atoms. The Bertz CT molecular complexity index is 1340. The number of nitrogens with zero attached hydrogens (tertiary/aromatic N) is 2. The Labute approximate surface area is 217 Å². The molecular weight excluding hydrogens is 498 g/mol. The second-order valence-corrected chi connectivity index (χ2v) is 10.8. The van der Waals surface area contributed by atoms with E-state index in [9.17, 15) is 18.0 Å². The van der Waals surface area contributed by atoms with E-state index in [0.29, 0.717) is 5.02 Å². The van der Waals surface area contributed by atoms with Gasteiger partial charge in [0.1, 0.15) is 12.6 Å². The van der Waals surface area contributed by atoms with Crippen LogP contribution in [0, 0.1) is 13.8 Å². The molecule has 1 atom stereocenters. The third kappa shape index (κ3) is 6.25. The van der Waals surface area contributed by atoms with Gasteiger partial charge in [-0.1, -0.05) is 59.6 Å². The van der Waals surface area contributed by atoms with Crippen LogP contribution in [0.25, 0.3) is 0 Å². The van der Waals surface area contributed by atoms with E-state index in [1.165, 1.54) is 30.1 Å². The van der Waals surface area contributed by atoms with Gasteiger partial charge >= 0.3 is 0 Å². The summed E-state index contributed by atoms with van der Waals surface area (Å²) in [6, 6.07) is 19.4. The second-order valence-electron chi connectivity index (χ2n) is 8.54. The molecule has 1 unspecified atom stereocenters. The van der Waals surface area contributed by atoms with Crippen LogP contribution in [0.5, 0.6) is 0 Å². The first-order valence-electron chi connectivity index (χ1n) is 11.4. The molecule has 190 valence electrons. The van der Waals surface area contributed by atoms with Crippen LogP contribution in [0.15, 0.2) is 77.7 Å². The Morgan fingerprint density at radius 2 is 1.64 bits per heavy atom. The highest BCUT2D eigenvalue weighted by Crippen LogP contribution is 2.27. The number of hydrogen-bond donors (Lipinski definition) is 1. The molecule has 0 spiro atoms. The Hall–Kier alpha value is -3.36. The lowest BCUT2D eigenvalue weighted by atomic mass is 10.1. The van der Waals surface area contributed by atoms with Crippen LogP contribution in [0.4, 0.5) is 5.69 Å². The number of aryl methyl sites for hydroxylation is 2. The van der Waals surface area contributed by atoms with Gasteiger partial charge in [0.2, 0.25) is 11.8 Å². The van der Waals surface area contributed by atoms with Gasteiger partial charge in [0.25, 0.3) is 10.0 Å². The molecule has 0 radical (unpaired) electrons. The number of sulfonamides is 1. The number of nitrogens with one attached hydrogen (secondary N) is 1. The Morgan fingerprint density at radius 3 is 2.25 bits per heavy atom. The first kappa shape index (κ1) is 27.2. The monoisotopic (exact) mass is 527 g/mol. The Morgan fingerprint density at radius 1 is 0.972 bits per heavy atom. The first-order valence-corrected chi connectivity index (χ1v) is 13.3. The highest BCUT2D eigenvalue weighted by molar-refractivity contribution is 7.92. The van der Waals surface area contributed by atoms with E-state index in [4.69, 9.17) is 11.6 Å². The summed E-state index contributed by atoms with van der Waals surface area (Å²) < 4.78 is 28.5. The molecular formula is C27H30ClN3O4S. The van der Waals surface area contributed by atoms with Gasteiger partial charge in [0.05, 0.1) is 10.6 Å². The summed E-state index contributed by atoms with van der Waals surface area (Å²) in [6.07, 6.45) is 0. The van der Waals surface area contributed by atoms with Gasteiger partial charge in [0.15, 0.2) is 0 Å². The van der Waals surface area contributed by atoms with Gasteiger partial charge in [-0.25, -0.2) is 8.42 Å². The Balaban J connectivity index is 2.05. The van der Waals surface area contributed by atoms with Crippen LogP contribution in [-0.4, -0.2) is 44.8 Å². The standard InChI is InChI=1S/C27H30ClN3O4S/c1-19-12-14-25(15-13-19)36(34,35)31(24-11-7-10-23(28)16-24)18-26(32)30(21(3)27(33)29-4)17-22-9-6-5-8-20(22)2/h5-16,21H,17-18H2,1-4H3,(H,29,33). The fourth-order valence-corrected chi connectivity index (χ4v) is 5.35. The van der Waals surface area contributed by atoms with Crippen molar-refractivity contribution in [2.45, 2.75) is 38.3 Å². The third-order valence-corrected chi connectivity index (χ3v) is 8.02. The van der Waals surface area contributed by atoms with E-state index in [1.54, 1.807) is 37.3 Å². The average Bonchev–Trinajstić information content (AvgIpc) is 2.85. The minimum Gasteiger partial charge on any atom is -0.357 e. The Kier molecular flexibility index (Phi) is 8.76. The lowest BCUT2D eigenvalue weighted by Crippen LogP contribution is -2.50. The van der Waals surface area contributed by atoms with Crippen molar-refractivity contribution in [1.82, 2.24) is 10.2 Å². The van der Waals surface area contributed by atoms with Crippen LogP contribution in [0.3, 0.4) is 0 Å². The topological polar surface area (TPSA) is 86.8 Å².